The van der Waals surface area contributed by atoms with Gasteiger partial charge >= 0.3 is 0 Å². The van der Waals surface area contributed by atoms with E-state index in [1.165, 1.54) is 0 Å². The minimum Gasteiger partial charge on any atom is -0.192 e. The van der Waals surface area contributed by atoms with E-state index in [0.29, 0.717) is 5.57 Å². The van der Waals surface area contributed by atoms with Gasteiger partial charge in [0.15, 0.2) is 0 Å². The fourth-order valence-corrected chi connectivity index (χ4v) is 0.680. The van der Waals surface area contributed by atoms with Crippen molar-refractivity contribution in [1.29, 1.82) is 5.26 Å². The van der Waals surface area contributed by atoms with Crippen molar-refractivity contribution in [3.63, 3.8) is 0 Å². The minimum atomic E-state index is 0.717. The third-order valence-electron chi connectivity index (χ3n) is 1.17. The van der Waals surface area contributed by atoms with Crippen LogP contribution in [0, 0.1) is 11.3 Å². The third-order valence-corrected chi connectivity index (χ3v) is 1.17. The Morgan fingerprint density at radius 2 is 2.50 bits per heavy atom. The molecule has 0 amide bonds. The normalized spacial score (nSPS) is 15.3. The summed E-state index contributed by atoms with van der Waals surface area (Å²) in [6.07, 6.45) is 9.94. The van der Waals surface area contributed by atoms with E-state index in [9.17, 15) is 0 Å². The first-order valence-corrected chi connectivity index (χ1v) is 3.11. The molecule has 0 radical (unpaired) electrons. The molecule has 1 aliphatic carbocycles. The summed E-state index contributed by atoms with van der Waals surface area (Å²) >= 11 is 0. The molecular formula is C9H7N. The second-order valence-corrected chi connectivity index (χ2v) is 1.90. The molecule has 0 aromatic heterocycles. The van der Waals surface area contributed by atoms with Crippen molar-refractivity contribution in [2.75, 3.05) is 0 Å². The average molecular weight is 129 g/mol. The lowest BCUT2D eigenvalue weighted by Gasteiger charge is -1.86. The Bertz CT molecular complexity index is 268. The zero-order chi connectivity index (χ0) is 7.23. The van der Waals surface area contributed by atoms with Crippen LogP contribution in [0.25, 0.3) is 0 Å². The summed E-state index contributed by atoms with van der Waals surface area (Å²) in [7, 11) is 0. The molecule has 0 spiro atoms. The molecule has 1 aliphatic rings. The number of hydrogen-bond donors (Lipinski definition) is 0. The maximum Gasteiger partial charge on any atom is 0.0988 e. The van der Waals surface area contributed by atoms with Crippen LogP contribution < -0.4 is 0 Å². The van der Waals surface area contributed by atoms with Crippen LogP contribution in [0.1, 0.15) is 6.42 Å². The lowest BCUT2D eigenvalue weighted by Crippen LogP contribution is -1.71. The molecule has 10 heavy (non-hydrogen) atoms. The van der Waals surface area contributed by atoms with Crippen molar-refractivity contribution in [3.05, 3.63) is 41.7 Å². The highest BCUT2D eigenvalue weighted by Gasteiger charge is 1.85. The van der Waals surface area contributed by atoms with E-state index in [1.54, 1.807) is 12.2 Å². The van der Waals surface area contributed by atoms with Gasteiger partial charge in [-0.3, -0.25) is 0 Å². The van der Waals surface area contributed by atoms with Crippen LogP contribution in [0.2, 0.25) is 0 Å². The van der Waals surface area contributed by atoms with Crippen LogP contribution in [0.4, 0.5) is 0 Å². The van der Waals surface area contributed by atoms with Gasteiger partial charge in [0.05, 0.1) is 6.07 Å². The minimum absolute atomic E-state index is 0.717. The van der Waals surface area contributed by atoms with Crippen molar-refractivity contribution >= 4 is 0 Å². The second kappa shape index (κ2) is 3.50. The van der Waals surface area contributed by atoms with Crippen LogP contribution in [0.15, 0.2) is 41.7 Å². The van der Waals surface area contributed by atoms with Crippen LogP contribution in [-0.4, -0.2) is 0 Å². The van der Waals surface area contributed by atoms with Crippen molar-refractivity contribution < 1.29 is 0 Å². The van der Waals surface area contributed by atoms with Crippen molar-refractivity contribution in [3.8, 4) is 6.07 Å². The van der Waals surface area contributed by atoms with E-state index < -0.39 is 0 Å². The van der Waals surface area contributed by atoms with E-state index >= 15 is 0 Å². The predicted molar refractivity (Wildman–Crippen MR) is 40.1 cm³/mol. The number of hydrogen-bond acceptors (Lipinski definition) is 1. The molecule has 0 unspecified atom stereocenters. The average Bonchev–Trinajstić information content (AvgIpc) is 1.87. The number of rotatable bonds is 0. The number of allylic oxidation sites excluding steroid dienone is 5. The molecule has 0 fully saturated rings. The van der Waals surface area contributed by atoms with Crippen LogP contribution in [0.5, 0.6) is 0 Å². The van der Waals surface area contributed by atoms with E-state index in [0.717, 1.165) is 6.42 Å². The fraction of sp³-hybridized carbons (Fsp3) is 0.111. The number of nitrogens with zero attached hydrogens (tertiary/aromatic N) is 1. The van der Waals surface area contributed by atoms with Gasteiger partial charge in [-0.15, -0.1) is 5.73 Å². The highest BCUT2D eigenvalue weighted by Crippen LogP contribution is 2.00. The molecule has 48 valence electrons. The van der Waals surface area contributed by atoms with Gasteiger partial charge in [-0.2, -0.15) is 5.26 Å². The summed E-state index contributed by atoms with van der Waals surface area (Å²) in [5.41, 5.74) is 3.66. The summed E-state index contributed by atoms with van der Waals surface area (Å²) in [6, 6.07) is 2.08. The fourth-order valence-electron chi connectivity index (χ4n) is 0.680. The number of nitriles is 1. The van der Waals surface area contributed by atoms with Gasteiger partial charge in [-0.05, 0) is 24.6 Å². The van der Waals surface area contributed by atoms with E-state index in [2.05, 4.69) is 11.8 Å². The van der Waals surface area contributed by atoms with Gasteiger partial charge in [-0.1, -0.05) is 12.2 Å². The predicted octanol–water partition coefficient (Wildman–Crippen LogP) is 2.11. The third kappa shape index (κ3) is 1.78. The Balaban J connectivity index is 2.84. The quantitative estimate of drug-likeness (QED) is 0.459. The Labute approximate surface area is 60.3 Å². The van der Waals surface area contributed by atoms with Crippen molar-refractivity contribution in [2.24, 2.45) is 0 Å². The van der Waals surface area contributed by atoms with Gasteiger partial charge in [0.1, 0.15) is 0 Å². The van der Waals surface area contributed by atoms with Crippen LogP contribution >= 0.6 is 0 Å². The second-order valence-electron chi connectivity index (χ2n) is 1.90. The molecule has 0 aromatic carbocycles. The molecule has 0 N–H and O–H groups in total. The summed E-state index contributed by atoms with van der Waals surface area (Å²) in [6.45, 7) is 0. The Kier molecular flexibility index (Phi) is 2.31. The Morgan fingerprint density at radius 3 is 3.30 bits per heavy atom. The first-order valence-electron chi connectivity index (χ1n) is 3.11. The zero-order valence-electron chi connectivity index (χ0n) is 5.54. The maximum absolute atomic E-state index is 8.49. The molecule has 0 saturated carbocycles. The SMILES string of the molecule is N#CC1=CCC=C=CC=C1. The monoisotopic (exact) mass is 129 g/mol. The smallest absolute Gasteiger partial charge is 0.0988 e. The van der Waals surface area contributed by atoms with Gasteiger partial charge in [0.2, 0.25) is 0 Å². The summed E-state index contributed by atoms with van der Waals surface area (Å²) in [4.78, 5) is 0. The molecule has 1 nitrogen and oxygen atoms in total. The zero-order valence-corrected chi connectivity index (χ0v) is 5.54. The molecule has 0 aliphatic heterocycles. The van der Waals surface area contributed by atoms with E-state index in [4.69, 9.17) is 5.26 Å². The first-order chi connectivity index (χ1) is 4.93. The van der Waals surface area contributed by atoms with Crippen LogP contribution in [-0.2, 0) is 0 Å². The molecular weight excluding hydrogens is 122 g/mol. The van der Waals surface area contributed by atoms with Gasteiger partial charge < -0.3 is 0 Å². The molecule has 1 heteroatoms. The Hall–Kier alpha value is -1.51. The standard InChI is InChI=1S/C9H7N/c10-8-9-6-4-2-1-3-5-7-9/h2-4,6-7H,5H2. The Morgan fingerprint density at radius 1 is 1.60 bits per heavy atom. The first kappa shape index (κ1) is 6.61. The highest BCUT2D eigenvalue weighted by atomic mass is 14.2. The van der Waals surface area contributed by atoms with Crippen molar-refractivity contribution in [2.45, 2.75) is 6.42 Å². The molecule has 0 bridgehead atoms. The van der Waals surface area contributed by atoms with Gasteiger partial charge in [0, 0.05) is 5.57 Å². The lowest BCUT2D eigenvalue weighted by atomic mass is 10.2. The highest BCUT2D eigenvalue weighted by molar-refractivity contribution is 5.35. The lowest BCUT2D eigenvalue weighted by molar-refractivity contribution is 1.36. The van der Waals surface area contributed by atoms with Gasteiger partial charge in [0.25, 0.3) is 0 Å². The summed E-state index contributed by atoms with van der Waals surface area (Å²) in [5, 5.41) is 8.49. The molecule has 0 saturated heterocycles. The molecule has 0 atom stereocenters. The summed E-state index contributed by atoms with van der Waals surface area (Å²) < 4.78 is 0. The van der Waals surface area contributed by atoms with E-state index in [1.807, 2.05) is 18.2 Å². The molecule has 1 rings (SSSR count). The maximum atomic E-state index is 8.49. The van der Waals surface area contributed by atoms with Crippen LogP contribution in [0.3, 0.4) is 0 Å². The molecule has 0 heterocycles. The summed E-state index contributed by atoms with van der Waals surface area (Å²) in [5.74, 6) is 0. The van der Waals surface area contributed by atoms with Gasteiger partial charge in [-0.25, -0.2) is 0 Å². The largest absolute Gasteiger partial charge is 0.192 e. The molecule has 0 aromatic rings. The van der Waals surface area contributed by atoms with Crippen molar-refractivity contribution in [1.82, 2.24) is 0 Å². The van der Waals surface area contributed by atoms with E-state index in [-0.39, 0.29) is 0 Å². The topological polar surface area (TPSA) is 23.8 Å².